The van der Waals surface area contributed by atoms with E-state index in [1.54, 1.807) is 13.3 Å². The highest BCUT2D eigenvalue weighted by Gasteiger charge is 2.38. The Balaban J connectivity index is 1.94. The fourth-order valence-electron chi connectivity index (χ4n) is 2.97. The van der Waals surface area contributed by atoms with Gasteiger partial charge in [-0.15, -0.1) is 0 Å². The number of carbonyl (C=O) groups excluding carboxylic acids is 1. The summed E-state index contributed by atoms with van der Waals surface area (Å²) in [5, 5.41) is 6.44. The molecule has 0 aromatic carbocycles. The van der Waals surface area contributed by atoms with Crippen molar-refractivity contribution in [1.82, 2.24) is 15.6 Å². The van der Waals surface area contributed by atoms with E-state index in [0.29, 0.717) is 12.4 Å². The van der Waals surface area contributed by atoms with Crippen molar-refractivity contribution in [1.29, 1.82) is 0 Å². The molecular weight excluding hydrogens is 266 g/mol. The zero-order valence-corrected chi connectivity index (χ0v) is 12.9. The van der Waals surface area contributed by atoms with Gasteiger partial charge in [0.1, 0.15) is 0 Å². The van der Waals surface area contributed by atoms with Crippen LogP contribution < -0.4 is 15.4 Å². The first-order valence-corrected chi connectivity index (χ1v) is 7.68. The fourth-order valence-corrected chi connectivity index (χ4v) is 2.97. The van der Waals surface area contributed by atoms with Crippen molar-refractivity contribution in [3.05, 3.63) is 23.9 Å². The van der Waals surface area contributed by atoms with Crippen LogP contribution in [0.5, 0.6) is 5.88 Å². The van der Waals surface area contributed by atoms with Gasteiger partial charge in [0.2, 0.25) is 11.8 Å². The minimum absolute atomic E-state index is 0.160. The molecule has 0 radical (unpaired) electrons. The Morgan fingerprint density at radius 3 is 2.95 bits per heavy atom. The second-order valence-corrected chi connectivity index (χ2v) is 5.70. The number of carbonyl (C=O) groups is 1. The van der Waals surface area contributed by atoms with Gasteiger partial charge in [-0.1, -0.05) is 19.4 Å². The summed E-state index contributed by atoms with van der Waals surface area (Å²) < 4.78 is 5.03. The van der Waals surface area contributed by atoms with Gasteiger partial charge in [-0.2, -0.15) is 0 Å². The molecule has 2 N–H and O–H groups in total. The van der Waals surface area contributed by atoms with Crippen molar-refractivity contribution in [2.45, 2.75) is 39.2 Å². The van der Waals surface area contributed by atoms with Gasteiger partial charge in [0.15, 0.2) is 0 Å². The lowest BCUT2D eigenvalue weighted by Crippen LogP contribution is -2.50. The van der Waals surface area contributed by atoms with Crippen LogP contribution in [0.15, 0.2) is 18.3 Å². The maximum Gasteiger partial charge on any atom is 0.227 e. The molecule has 1 fully saturated rings. The predicted molar refractivity (Wildman–Crippen MR) is 82.1 cm³/mol. The van der Waals surface area contributed by atoms with E-state index in [1.807, 2.05) is 12.1 Å². The summed E-state index contributed by atoms with van der Waals surface area (Å²) in [6.07, 6.45) is 5.74. The van der Waals surface area contributed by atoms with Crippen molar-refractivity contribution in [3.8, 4) is 5.88 Å². The third-order valence-electron chi connectivity index (χ3n) is 4.14. The average Bonchev–Trinajstić information content (AvgIpc) is 2.54. The highest BCUT2D eigenvalue weighted by Crippen LogP contribution is 2.31. The van der Waals surface area contributed by atoms with Crippen LogP contribution in [-0.4, -0.2) is 31.1 Å². The summed E-state index contributed by atoms with van der Waals surface area (Å²) in [4.78, 5) is 16.8. The van der Waals surface area contributed by atoms with Gasteiger partial charge in [0.25, 0.3) is 0 Å². The van der Waals surface area contributed by atoms with Gasteiger partial charge < -0.3 is 15.4 Å². The minimum Gasteiger partial charge on any atom is -0.481 e. The summed E-state index contributed by atoms with van der Waals surface area (Å²) in [6.45, 7) is 4.45. The van der Waals surface area contributed by atoms with Crippen LogP contribution in [0.1, 0.15) is 38.2 Å². The maximum atomic E-state index is 12.6. The molecular formula is C16H25N3O2. The maximum absolute atomic E-state index is 12.6. The summed E-state index contributed by atoms with van der Waals surface area (Å²) >= 11 is 0. The molecule has 1 atom stereocenters. The van der Waals surface area contributed by atoms with Crippen molar-refractivity contribution < 1.29 is 9.53 Å². The molecule has 1 aliphatic heterocycles. The number of methoxy groups -OCH3 is 1. The molecule has 2 rings (SSSR count). The molecule has 1 aliphatic rings. The van der Waals surface area contributed by atoms with Crippen molar-refractivity contribution in [2.24, 2.45) is 5.41 Å². The van der Waals surface area contributed by atoms with Gasteiger partial charge in [0, 0.05) is 25.4 Å². The molecule has 0 saturated carbocycles. The molecule has 21 heavy (non-hydrogen) atoms. The second kappa shape index (κ2) is 7.41. The van der Waals surface area contributed by atoms with E-state index >= 15 is 0 Å². The molecule has 5 heteroatoms. The Kier molecular flexibility index (Phi) is 5.56. The number of piperidine rings is 1. The van der Waals surface area contributed by atoms with Crippen LogP contribution >= 0.6 is 0 Å². The third-order valence-corrected chi connectivity index (χ3v) is 4.14. The number of rotatable bonds is 6. The van der Waals surface area contributed by atoms with Crippen LogP contribution in [0.4, 0.5) is 0 Å². The lowest BCUT2D eigenvalue weighted by atomic mass is 9.76. The number of aromatic nitrogens is 1. The number of hydrogen-bond acceptors (Lipinski definition) is 4. The highest BCUT2D eigenvalue weighted by molar-refractivity contribution is 5.83. The largest absolute Gasteiger partial charge is 0.481 e. The molecule has 1 unspecified atom stereocenters. The number of pyridine rings is 1. The average molecular weight is 291 g/mol. The van der Waals surface area contributed by atoms with Crippen LogP contribution in [0.2, 0.25) is 0 Å². The third kappa shape index (κ3) is 3.94. The smallest absolute Gasteiger partial charge is 0.227 e. The Morgan fingerprint density at radius 1 is 1.52 bits per heavy atom. The molecule has 1 aromatic rings. The van der Waals surface area contributed by atoms with Gasteiger partial charge in [-0.05, 0) is 31.4 Å². The Hall–Kier alpha value is -1.62. The number of amides is 1. The first kappa shape index (κ1) is 15.8. The van der Waals surface area contributed by atoms with E-state index in [-0.39, 0.29) is 11.3 Å². The molecule has 0 spiro atoms. The number of ether oxygens (including phenoxy) is 1. The summed E-state index contributed by atoms with van der Waals surface area (Å²) in [6, 6.07) is 3.74. The van der Waals surface area contributed by atoms with Crippen LogP contribution in [0, 0.1) is 5.41 Å². The number of nitrogens with zero attached hydrogens (tertiary/aromatic N) is 1. The normalized spacial score (nSPS) is 21.8. The first-order chi connectivity index (χ1) is 10.2. The second-order valence-electron chi connectivity index (χ2n) is 5.70. The topological polar surface area (TPSA) is 63.2 Å². The molecule has 0 aliphatic carbocycles. The number of nitrogens with one attached hydrogen (secondary N) is 2. The van der Waals surface area contributed by atoms with Gasteiger partial charge in [-0.25, -0.2) is 4.98 Å². The van der Waals surface area contributed by atoms with E-state index in [2.05, 4.69) is 22.5 Å². The first-order valence-electron chi connectivity index (χ1n) is 7.68. The quantitative estimate of drug-likeness (QED) is 0.840. The minimum atomic E-state index is -0.243. The zero-order valence-electron chi connectivity index (χ0n) is 12.9. The molecule has 116 valence electrons. The van der Waals surface area contributed by atoms with Gasteiger partial charge >= 0.3 is 0 Å². The predicted octanol–water partition coefficient (Wildman–Crippen LogP) is 1.88. The van der Waals surface area contributed by atoms with Crippen LogP contribution in [0.3, 0.4) is 0 Å². The van der Waals surface area contributed by atoms with E-state index in [1.165, 1.54) is 0 Å². The summed E-state index contributed by atoms with van der Waals surface area (Å²) in [5.74, 6) is 0.747. The zero-order chi connectivity index (χ0) is 15.1. The Morgan fingerprint density at radius 2 is 2.38 bits per heavy atom. The Labute approximate surface area is 126 Å². The monoisotopic (exact) mass is 291 g/mol. The van der Waals surface area contributed by atoms with Crippen molar-refractivity contribution in [3.63, 3.8) is 0 Å². The summed E-state index contributed by atoms with van der Waals surface area (Å²) in [7, 11) is 1.59. The molecule has 0 bridgehead atoms. The molecule has 5 nitrogen and oxygen atoms in total. The highest BCUT2D eigenvalue weighted by atomic mass is 16.5. The summed E-state index contributed by atoms with van der Waals surface area (Å²) in [5.41, 5.74) is 0.743. The van der Waals surface area contributed by atoms with Crippen molar-refractivity contribution >= 4 is 5.91 Å². The molecule has 2 heterocycles. The standard InChI is InChI=1S/C16H25N3O2/c1-3-7-16(8-4-9-17-12-16)15(20)19-11-13-5-6-14(21-2)18-10-13/h5-6,10,17H,3-4,7-9,11-12H2,1-2H3,(H,19,20). The van der Waals surface area contributed by atoms with E-state index in [9.17, 15) is 4.79 Å². The fraction of sp³-hybridized carbons (Fsp3) is 0.625. The van der Waals surface area contributed by atoms with E-state index in [4.69, 9.17) is 4.74 Å². The molecule has 1 saturated heterocycles. The van der Waals surface area contributed by atoms with Crippen LogP contribution in [-0.2, 0) is 11.3 Å². The number of hydrogen-bond donors (Lipinski definition) is 2. The van der Waals surface area contributed by atoms with Crippen molar-refractivity contribution in [2.75, 3.05) is 20.2 Å². The lowest BCUT2D eigenvalue weighted by molar-refractivity contribution is -0.132. The van der Waals surface area contributed by atoms with E-state index < -0.39 is 0 Å². The SMILES string of the molecule is CCCC1(C(=O)NCc2ccc(OC)nc2)CCCNC1. The van der Waals surface area contributed by atoms with Gasteiger partial charge in [-0.3, -0.25) is 4.79 Å². The lowest BCUT2D eigenvalue weighted by Gasteiger charge is -2.36. The Bertz CT molecular complexity index is 448. The molecule has 1 amide bonds. The van der Waals surface area contributed by atoms with Gasteiger partial charge in [0.05, 0.1) is 12.5 Å². The van der Waals surface area contributed by atoms with E-state index in [0.717, 1.165) is 44.3 Å². The molecule has 1 aromatic heterocycles. The van der Waals surface area contributed by atoms with Crippen LogP contribution in [0.25, 0.3) is 0 Å².